The molecule has 1 amide bonds. The third-order valence-corrected chi connectivity index (χ3v) is 3.13. The van der Waals surface area contributed by atoms with Crippen LogP contribution in [0.5, 0.6) is 11.5 Å². The monoisotopic (exact) mass is 334 g/mol. The Labute approximate surface area is 134 Å². The number of nitrogens with zero attached hydrogens (tertiary/aromatic N) is 2. The number of halogens is 2. The molecule has 2 N–H and O–H groups in total. The fourth-order valence-corrected chi connectivity index (χ4v) is 2.09. The average molecular weight is 334 g/mol. The molecular formula is C15H12F2N4O3. The van der Waals surface area contributed by atoms with E-state index in [0.717, 1.165) is 0 Å². The summed E-state index contributed by atoms with van der Waals surface area (Å²) in [5.41, 5.74) is 1.33. The van der Waals surface area contributed by atoms with Crippen molar-refractivity contribution in [1.29, 1.82) is 0 Å². The standard InChI is InChI=1S/C15H12F2N4O3/c1-23-11-7-8(4-5-10(11)24-14(16)17)13(22)21-15-19-9-3-2-6-18-12(9)20-15/h2-7,14H,1H3,(H2,18,19,20,21,22). The number of imidazole rings is 1. The number of aromatic nitrogens is 3. The van der Waals surface area contributed by atoms with E-state index in [1.165, 1.54) is 25.3 Å². The SMILES string of the molecule is COc1cc(C(=O)Nc2nc3ncccc3[nH]2)ccc1OC(F)F. The first kappa shape index (κ1) is 15.7. The van der Waals surface area contributed by atoms with Gasteiger partial charge in [-0.3, -0.25) is 10.1 Å². The van der Waals surface area contributed by atoms with Crippen LogP contribution in [0.2, 0.25) is 0 Å². The first-order valence-electron chi connectivity index (χ1n) is 6.82. The van der Waals surface area contributed by atoms with Crippen molar-refractivity contribution in [2.24, 2.45) is 0 Å². The van der Waals surface area contributed by atoms with E-state index in [9.17, 15) is 13.6 Å². The summed E-state index contributed by atoms with van der Waals surface area (Å²) < 4.78 is 33.9. The number of hydrogen-bond donors (Lipinski definition) is 2. The van der Waals surface area contributed by atoms with E-state index >= 15 is 0 Å². The highest BCUT2D eigenvalue weighted by Crippen LogP contribution is 2.29. The van der Waals surface area contributed by atoms with Gasteiger partial charge in [0, 0.05) is 11.8 Å². The van der Waals surface area contributed by atoms with Gasteiger partial charge in [0.15, 0.2) is 17.1 Å². The number of anilines is 1. The van der Waals surface area contributed by atoms with Crippen molar-refractivity contribution in [3.8, 4) is 11.5 Å². The maximum atomic E-state index is 12.3. The van der Waals surface area contributed by atoms with E-state index in [1.807, 2.05) is 0 Å². The maximum Gasteiger partial charge on any atom is 0.387 e. The molecule has 0 saturated carbocycles. The molecule has 0 bridgehead atoms. The average Bonchev–Trinajstić information content (AvgIpc) is 2.96. The van der Waals surface area contributed by atoms with Gasteiger partial charge in [-0.15, -0.1) is 0 Å². The summed E-state index contributed by atoms with van der Waals surface area (Å²) in [6.07, 6.45) is 1.58. The fourth-order valence-electron chi connectivity index (χ4n) is 2.09. The van der Waals surface area contributed by atoms with E-state index in [4.69, 9.17) is 4.74 Å². The summed E-state index contributed by atoms with van der Waals surface area (Å²) >= 11 is 0. The number of alkyl halides is 2. The van der Waals surface area contributed by atoms with E-state index < -0.39 is 12.5 Å². The van der Waals surface area contributed by atoms with Gasteiger partial charge in [0.25, 0.3) is 5.91 Å². The summed E-state index contributed by atoms with van der Waals surface area (Å²) in [4.78, 5) is 23.3. The van der Waals surface area contributed by atoms with Crippen molar-refractivity contribution in [1.82, 2.24) is 15.0 Å². The molecule has 7 nitrogen and oxygen atoms in total. The highest BCUT2D eigenvalue weighted by atomic mass is 19.3. The van der Waals surface area contributed by atoms with Crippen LogP contribution >= 0.6 is 0 Å². The van der Waals surface area contributed by atoms with Crippen LogP contribution in [-0.4, -0.2) is 34.6 Å². The number of nitrogens with one attached hydrogen (secondary N) is 2. The van der Waals surface area contributed by atoms with Gasteiger partial charge in [-0.25, -0.2) is 4.98 Å². The van der Waals surface area contributed by atoms with Crippen molar-refractivity contribution in [3.05, 3.63) is 42.1 Å². The molecule has 0 spiro atoms. The molecule has 1 aromatic carbocycles. The Morgan fingerprint density at radius 3 is 2.83 bits per heavy atom. The molecule has 3 aromatic rings. The first-order valence-corrected chi connectivity index (χ1v) is 6.82. The lowest BCUT2D eigenvalue weighted by Gasteiger charge is -2.11. The lowest BCUT2D eigenvalue weighted by atomic mass is 10.2. The molecule has 124 valence electrons. The summed E-state index contributed by atoms with van der Waals surface area (Å²) in [7, 11) is 1.29. The molecule has 9 heteroatoms. The minimum atomic E-state index is -2.98. The zero-order valence-electron chi connectivity index (χ0n) is 12.4. The van der Waals surface area contributed by atoms with Crippen LogP contribution in [0.1, 0.15) is 10.4 Å². The Morgan fingerprint density at radius 1 is 1.29 bits per heavy atom. The fraction of sp³-hybridized carbons (Fsp3) is 0.133. The number of H-pyrrole nitrogens is 1. The Morgan fingerprint density at radius 2 is 2.12 bits per heavy atom. The third-order valence-electron chi connectivity index (χ3n) is 3.13. The number of amides is 1. The molecule has 2 heterocycles. The van der Waals surface area contributed by atoms with Crippen molar-refractivity contribution in [2.45, 2.75) is 6.61 Å². The van der Waals surface area contributed by atoms with Crippen molar-refractivity contribution >= 4 is 23.0 Å². The lowest BCUT2D eigenvalue weighted by Crippen LogP contribution is -2.13. The molecule has 0 unspecified atom stereocenters. The van der Waals surface area contributed by atoms with Crippen molar-refractivity contribution < 1.29 is 23.0 Å². The summed E-state index contributed by atoms with van der Waals surface area (Å²) in [5, 5.41) is 2.57. The number of carbonyl (C=O) groups is 1. The first-order chi connectivity index (χ1) is 11.6. The van der Waals surface area contributed by atoms with Gasteiger partial charge in [0.2, 0.25) is 5.95 Å². The molecule has 0 fully saturated rings. The lowest BCUT2D eigenvalue weighted by molar-refractivity contribution is -0.0512. The largest absolute Gasteiger partial charge is 0.493 e. The maximum absolute atomic E-state index is 12.3. The number of carbonyl (C=O) groups excluding carboxylic acids is 1. The van der Waals surface area contributed by atoms with Gasteiger partial charge in [-0.1, -0.05) is 0 Å². The number of fused-ring (bicyclic) bond motifs is 1. The molecule has 0 aliphatic heterocycles. The minimum Gasteiger partial charge on any atom is -0.493 e. The highest BCUT2D eigenvalue weighted by Gasteiger charge is 2.15. The molecule has 0 saturated heterocycles. The molecule has 0 aliphatic rings. The molecule has 3 rings (SSSR count). The molecule has 0 radical (unpaired) electrons. The number of pyridine rings is 1. The van der Waals surface area contributed by atoms with Crippen LogP contribution in [-0.2, 0) is 0 Å². The van der Waals surface area contributed by atoms with Crippen LogP contribution in [0, 0.1) is 0 Å². The van der Waals surface area contributed by atoms with Crippen LogP contribution < -0.4 is 14.8 Å². The van der Waals surface area contributed by atoms with Crippen LogP contribution in [0.4, 0.5) is 14.7 Å². The normalized spacial score (nSPS) is 10.8. The van der Waals surface area contributed by atoms with E-state index in [0.29, 0.717) is 11.2 Å². The van der Waals surface area contributed by atoms with Crippen LogP contribution in [0.25, 0.3) is 11.2 Å². The van der Waals surface area contributed by atoms with E-state index in [-0.39, 0.29) is 23.0 Å². The Hall–Kier alpha value is -3.23. The number of ether oxygens (including phenoxy) is 2. The van der Waals surface area contributed by atoms with Gasteiger partial charge in [-0.05, 0) is 30.3 Å². The topological polar surface area (TPSA) is 89.1 Å². The quantitative estimate of drug-likeness (QED) is 0.749. The Kier molecular flexibility index (Phi) is 4.23. The highest BCUT2D eigenvalue weighted by molar-refractivity contribution is 6.04. The molecule has 24 heavy (non-hydrogen) atoms. The van der Waals surface area contributed by atoms with Crippen molar-refractivity contribution in [3.63, 3.8) is 0 Å². The number of aromatic amines is 1. The number of benzene rings is 1. The smallest absolute Gasteiger partial charge is 0.387 e. The molecular weight excluding hydrogens is 322 g/mol. The zero-order chi connectivity index (χ0) is 17.1. The van der Waals surface area contributed by atoms with E-state index in [2.05, 4.69) is 25.0 Å². The van der Waals surface area contributed by atoms with Crippen molar-refractivity contribution in [2.75, 3.05) is 12.4 Å². The van der Waals surface area contributed by atoms with E-state index in [1.54, 1.807) is 18.3 Å². The number of rotatable bonds is 5. The van der Waals surface area contributed by atoms with Gasteiger partial charge in [0.05, 0.1) is 12.6 Å². The third kappa shape index (κ3) is 3.24. The zero-order valence-corrected chi connectivity index (χ0v) is 12.4. The second-order valence-electron chi connectivity index (χ2n) is 4.66. The summed E-state index contributed by atoms with van der Waals surface area (Å²) in [6.45, 7) is -2.98. The predicted molar refractivity (Wildman–Crippen MR) is 81.5 cm³/mol. The predicted octanol–water partition coefficient (Wildman–Crippen LogP) is 2.82. The molecule has 2 aromatic heterocycles. The van der Waals surface area contributed by atoms with Crippen LogP contribution in [0.3, 0.4) is 0 Å². The number of methoxy groups -OCH3 is 1. The van der Waals surface area contributed by atoms with Gasteiger partial charge < -0.3 is 14.5 Å². The van der Waals surface area contributed by atoms with Crippen LogP contribution in [0.15, 0.2) is 36.5 Å². The second kappa shape index (κ2) is 6.49. The summed E-state index contributed by atoms with van der Waals surface area (Å²) in [6, 6.07) is 7.38. The minimum absolute atomic E-state index is 0.0224. The Bertz CT molecular complexity index is 849. The number of hydrogen-bond acceptors (Lipinski definition) is 5. The Balaban J connectivity index is 1.81. The van der Waals surface area contributed by atoms with Gasteiger partial charge in [0.1, 0.15) is 0 Å². The molecule has 0 atom stereocenters. The van der Waals surface area contributed by atoms with Gasteiger partial charge >= 0.3 is 6.61 Å². The summed E-state index contributed by atoms with van der Waals surface area (Å²) in [5.74, 6) is -0.400. The van der Waals surface area contributed by atoms with Gasteiger partial charge in [-0.2, -0.15) is 13.8 Å². The second-order valence-corrected chi connectivity index (χ2v) is 4.66. The molecule has 0 aliphatic carbocycles.